The van der Waals surface area contributed by atoms with Crippen LogP contribution in [0.4, 0.5) is 4.79 Å². The van der Waals surface area contributed by atoms with Crippen LogP contribution in [0.25, 0.3) is 0 Å². The monoisotopic (exact) mass is 353 g/mol. The number of amides is 1. The maximum Gasteiger partial charge on any atom is 0.407 e. The van der Waals surface area contributed by atoms with E-state index < -0.39 is 17.3 Å². The molecule has 0 aliphatic rings. The zero-order valence-corrected chi connectivity index (χ0v) is 16.1. The molecule has 0 unspecified atom stereocenters. The maximum atomic E-state index is 11.6. The van der Waals surface area contributed by atoms with Crippen molar-refractivity contribution < 1.29 is 24.1 Å². The van der Waals surface area contributed by atoms with Crippen molar-refractivity contribution in [2.24, 2.45) is 0 Å². The summed E-state index contributed by atoms with van der Waals surface area (Å²) in [6.45, 7) is 9.94. The Morgan fingerprint density at radius 3 is 2.44 bits per heavy atom. The first-order valence-corrected chi connectivity index (χ1v) is 8.55. The number of alkyl carbamates (subject to hydrolysis) is 1. The third kappa shape index (κ3) is 8.12. The molecule has 1 amide bonds. The van der Waals surface area contributed by atoms with Gasteiger partial charge >= 0.3 is 6.09 Å². The van der Waals surface area contributed by atoms with E-state index in [1.165, 1.54) is 0 Å². The molecule has 1 rings (SSSR count). The fourth-order valence-corrected chi connectivity index (χ4v) is 2.38. The third-order valence-corrected chi connectivity index (χ3v) is 3.44. The molecule has 0 aliphatic carbocycles. The molecule has 0 radical (unpaired) electrons. The van der Waals surface area contributed by atoms with E-state index in [0.717, 1.165) is 5.56 Å². The number of carbonyl (C=O) groups excluding carboxylic acids is 1. The molecule has 0 heterocycles. The van der Waals surface area contributed by atoms with Gasteiger partial charge in [-0.25, -0.2) is 4.79 Å². The summed E-state index contributed by atoms with van der Waals surface area (Å²) < 4.78 is 16.0. The van der Waals surface area contributed by atoms with Crippen LogP contribution < -0.4 is 14.8 Å². The van der Waals surface area contributed by atoms with E-state index in [2.05, 4.69) is 5.32 Å². The molecule has 0 saturated heterocycles. The number of hydrogen-bond acceptors (Lipinski definition) is 5. The van der Waals surface area contributed by atoms with Crippen LogP contribution in [0, 0.1) is 0 Å². The molecule has 0 fully saturated rings. The predicted molar refractivity (Wildman–Crippen MR) is 97.3 cm³/mol. The van der Waals surface area contributed by atoms with Crippen molar-refractivity contribution in [3.63, 3.8) is 0 Å². The number of ether oxygens (including phenoxy) is 3. The van der Waals surface area contributed by atoms with E-state index in [1.54, 1.807) is 14.0 Å². The molecule has 0 saturated carbocycles. The number of nitrogens with one attached hydrogen (secondary N) is 1. The van der Waals surface area contributed by atoms with Crippen LogP contribution >= 0.6 is 0 Å². The Morgan fingerprint density at radius 2 is 1.88 bits per heavy atom. The summed E-state index contributed by atoms with van der Waals surface area (Å²) in [6, 6.07) is 5.60. The van der Waals surface area contributed by atoms with E-state index in [9.17, 15) is 9.90 Å². The molecular formula is C19H31NO5. The normalized spacial score (nSPS) is 13.7. The summed E-state index contributed by atoms with van der Waals surface area (Å²) in [6.07, 6.45) is 0.362. The van der Waals surface area contributed by atoms with E-state index in [1.807, 2.05) is 45.9 Å². The lowest BCUT2D eigenvalue weighted by Gasteiger charge is -2.25. The fraction of sp³-hybridized carbons (Fsp3) is 0.632. The third-order valence-electron chi connectivity index (χ3n) is 3.44. The van der Waals surface area contributed by atoms with Crippen molar-refractivity contribution >= 4 is 6.09 Å². The Morgan fingerprint density at radius 1 is 1.20 bits per heavy atom. The van der Waals surface area contributed by atoms with Gasteiger partial charge in [0.25, 0.3) is 0 Å². The molecule has 142 valence electrons. The van der Waals surface area contributed by atoms with E-state index in [4.69, 9.17) is 14.2 Å². The molecule has 1 atom stereocenters. The highest BCUT2D eigenvalue weighted by molar-refractivity contribution is 5.67. The predicted octanol–water partition coefficient (Wildman–Crippen LogP) is 3.30. The van der Waals surface area contributed by atoms with Gasteiger partial charge < -0.3 is 24.6 Å². The minimum absolute atomic E-state index is 0.330. The number of hydrogen-bond donors (Lipinski definition) is 2. The van der Waals surface area contributed by atoms with Crippen molar-refractivity contribution in [1.29, 1.82) is 0 Å². The standard InChI is InChI=1S/C19H31NO5/c1-7-24-16-12-14(8-9-15(16)23-6)13-19(5,22)10-11-20-17(21)25-18(2,3)4/h8-9,12,22H,7,10-11,13H2,1-6H3,(H,20,21)/t19-/m1/s1. The average Bonchev–Trinajstić information content (AvgIpc) is 2.45. The Balaban J connectivity index is 2.59. The van der Waals surface area contributed by atoms with Crippen LogP contribution in [0.15, 0.2) is 18.2 Å². The Kier molecular flexibility index (Phi) is 7.55. The number of benzene rings is 1. The molecule has 25 heavy (non-hydrogen) atoms. The summed E-state index contributed by atoms with van der Waals surface area (Å²) in [5.41, 5.74) is -0.565. The number of aliphatic hydroxyl groups is 1. The van der Waals surface area contributed by atoms with Crippen LogP contribution in [0.1, 0.15) is 46.6 Å². The number of rotatable bonds is 8. The second-order valence-corrected chi connectivity index (χ2v) is 7.27. The zero-order valence-electron chi connectivity index (χ0n) is 16.1. The largest absolute Gasteiger partial charge is 0.493 e. The van der Waals surface area contributed by atoms with Gasteiger partial charge in [-0.2, -0.15) is 0 Å². The summed E-state index contributed by atoms with van der Waals surface area (Å²) in [7, 11) is 1.59. The van der Waals surface area contributed by atoms with Crippen molar-refractivity contribution in [3.8, 4) is 11.5 Å². The highest BCUT2D eigenvalue weighted by Gasteiger charge is 2.23. The van der Waals surface area contributed by atoms with Crippen molar-refractivity contribution in [1.82, 2.24) is 5.32 Å². The topological polar surface area (TPSA) is 77.0 Å². The lowest BCUT2D eigenvalue weighted by molar-refractivity contribution is 0.0412. The zero-order chi connectivity index (χ0) is 19.1. The van der Waals surface area contributed by atoms with Gasteiger partial charge in [0.05, 0.1) is 19.3 Å². The first kappa shape index (κ1) is 21.1. The van der Waals surface area contributed by atoms with E-state index in [0.29, 0.717) is 37.5 Å². The van der Waals surface area contributed by atoms with Crippen LogP contribution in [0.5, 0.6) is 11.5 Å². The molecule has 0 spiro atoms. The van der Waals surface area contributed by atoms with Gasteiger partial charge in [0, 0.05) is 13.0 Å². The molecule has 1 aromatic rings. The minimum Gasteiger partial charge on any atom is -0.493 e. The van der Waals surface area contributed by atoms with Crippen LogP contribution in [0.2, 0.25) is 0 Å². The first-order valence-electron chi connectivity index (χ1n) is 8.55. The number of methoxy groups -OCH3 is 1. The minimum atomic E-state index is -0.965. The summed E-state index contributed by atoms with van der Waals surface area (Å²) in [5.74, 6) is 1.32. The molecule has 2 N–H and O–H groups in total. The van der Waals surface area contributed by atoms with Crippen molar-refractivity contribution in [2.45, 2.75) is 58.7 Å². The smallest absolute Gasteiger partial charge is 0.407 e. The van der Waals surface area contributed by atoms with Gasteiger partial charge in [-0.05, 0) is 58.7 Å². The summed E-state index contributed by atoms with van der Waals surface area (Å²) in [5, 5.41) is 13.3. The van der Waals surface area contributed by atoms with Crippen LogP contribution in [0.3, 0.4) is 0 Å². The first-order chi connectivity index (χ1) is 11.6. The summed E-state index contributed by atoms with van der Waals surface area (Å²) in [4.78, 5) is 11.6. The lowest BCUT2D eigenvalue weighted by Crippen LogP contribution is -2.37. The molecule has 0 bridgehead atoms. The van der Waals surface area contributed by atoms with Gasteiger partial charge in [-0.1, -0.05) is 6.07 Å². The average molecular weight is 353 g/mol. The van der Waals surface area contributed by atoms with Gasteiger partial charge in [0.2, 0.25) is 0 Å². The van der Waals surface area contributed by atoms with Gasteiger partial charge in [-0.3, -0.25) is 0 Å². The summed E-state index contributed by atoms with van der Waals surface area (Å²) >= 11 is 0. The van der Waals surface area contributed by atoms with E-state index >= 15 is 0 Å². The van der Waals surface area contributed by atoms with Crippen LogP contribution in [-0.4, -0.2) is 42.7 Å². The highest BCUT2D eigenvalue weighted by Crippen LogP contribution is 2.30. The molecule has 6 nitrogen and oxygen atoms in total. The quantitative estimate of drug-likeness (QED) is 0.750. The Hall–Kier alpha value is -1.95. The van der Waals surface area contributed by atoms with Gasteiger partial charge in [-0.15, -0.1) is 0 Å². The molecular weight excluding hydrogens is 322 g/mol. The molecule has 0 aromatic heterocycles. The van der Waals surface area contributed by atoms with Gasteiger partial charge in [0.15, 0.2) is 11.5 Å². The maximum absolute atomic E-state index is 11.6. The molecule has 6 heteroatoms. The van der Waals surface area contributed by atoms with Gasteiger partial charge in [0.1, 0.15) is 5.60 Å². The second-order valence-electron chi connectivity index (χ2n) is 7.27. The second kappa shape index (κ2) is 8.94. The van der Waals surface area contributed by atoms with Crippen molar-refractivity contribution in [2.75, 3.05) is 20.3 Å². The molecule has 0 aliphatic heterocycles. The Bertz CT molecular complexity index is 563. The fourth-order valence-electron chi connectivity index (χ4n) is 2.38. The van der Waals surface area contributed by atoms with Crippen molar-refractivity contribution in [3.05, 3.63) is 23.8 Å². The number of carbonyl (C=O) groups is 1. The highest BCUT2D eigenvalue weighted by atomic mass is 16.6. The Labute approximate surface area is 150 Å². The SMILES string of the molecule is CCOc1cc(C[C@](C)(O)CCNC(=O)OC(C)(C)C)ccc1OC. The lowest BCUT2D eigenvalue weighted by atomic mass is 9.93. The van der Waals surface area contributed by atoms with Crippen LogP contribution in [-0.2, 0) is 11.2 Å². The molecule has 1 aromatic carbocycles. The van der Waals surface area contributed by atoms with E-state index in [-0.39, 0.29) is 0 Å².